The van der Waals surface area contributed by atoms with Crippen LogP contribution in [-0.4, -0.2) is 23.4 Å². The lowest BCUT2D eigenvalue weighted by molar-refractivity contribution is -0.157. The Balaban J connectivity index is 1.60. The van der Waals surface area contributed by atoms with Crippen LogP contribution in [0.4, 0.5) is 0 Å². The minimum absolute atomic E-state index is 0.0903. The summed E-state index contributed by atoms with van der Waals surface area (Å²) in [7, 11) is 0. The number of likely N-dealkylation sites (tertiary alicyclic amines) is 1. The molecule has 1 aliphatic heterocycles. The summed E-state index contributed by atoms with van der Waals surface area (Å²) in [5, 5.41) is 0. The molecular weight excluding hydrogens is 222 g/mol. The molecule has 2 nitrogen and oxygen atoms in total. The van der Waals surface area contributed by atoms with Crippen LogP contribution < -0.4 is 0 Å². The van der Waals surface area contributed by atoms with E-state index in [1.54, 1.807) is 0 Å². The maximum Gasteiger partial charge on any atom is 0.228 e. The largest absolute Gasteiger partial charge is 0.339 e. The second kappa shape index (κ2) is 3.32. The van der Waals surface area contributed by atoms with Gasteiger partial charge in [0.05, 0.1) is 0 Å². The van der Waals surface area contributed by atoms with Gasteiger partial charge in [-0.3, -0.25) is 4.79 Å². The Morgan fingerprint density at radius 1 is 1.11 bits per heavy atom. The molecule has 5 aliphatic rings. The summed E-state index contributed by atoms with van der Waals surface area (Å²) in [4.78, 5) is 14.9. The Morgan fingerprint density at radius 2 is 1.83 bits per heavy atom. The first-order chi connectivity index (χ1) is 8.51. The highest BCUT2D eigenvalue weighted by atomic mass is 16.2. The molecule has 1 spiro atoms. The van der Waals surface area contributed by atoms with Gasteiger partial charge in [-0.1, -0.05) is 20.3 Å². The fourth-order valence-corrected chi connectivity index (χ4v) is 5.63. The SMILES string of the molecule is CC1(C)CCN(C2C3CCCC4(C3)CC2C4)C1=O. The van der Waals surface area contributed by atoms with E-state index in [9.17, 15) is 4.79 Å². The van der Waals surface area contributed by atoms with Gasteiger partial charge in [-0.2, -0.15) is 0 Å². The predicted molar refractivity (Wildman–Crippen MR) is 71.0 cm³/mol. The van der Waals surface area contributed by atoms with Crippen LogP contribution in [-0.2, 0) is 4.79 Å². The van der Waals surface area contributed by atoms with E-state index < -0.39 is 0 Å². The van der Waals surface area contributed by atoms with Gasteiger partial charge >= 0.3 is 0 Å². The number of carbonyl (C=O) groups is 1. The van der Waals surface area contributed by atoms with Gasteiger partial charge in [0, 0.05) is 18.0 Å². The summed E-state index contributed by atoms with van der Waals surface area (Å²) in [6.45, 7) is 5.28. The topological polar surface area (TPSA) is 20.3 Å². The third-order valence-electron chi connectivity index (χ3n) is 6.51. The van der Waals surface area contributed by atoms with E-state index in [1.165, 1.54) is 38.5 Å². The zero-order valence-electron chi connectivity index (χ0n) is 11.7. The van der Waals surface area contributed by atoms with Crippen molar-refractivity contribution in [1.82, 2.24) is 4.90 Å². The summed E-state index contributed by atoms with van der Waals surface area (Å²) in [5.74, 6) is 2.13. The zero-order chi connectivity index (χ0) is 12.5. The van der Waals surface area contributed by atoms with Crippen LogP contribution in [0.3, 0.4) is 0 Å². The Hall–Kier alpha value is -0.530. The van der Waals surface area contributed by atoms with Gasteiger partial charge in [-0.25, -0.2) is 0 Å². The van der Waals surface area contributed by atoms with Crippen molar-refractivity contribution >= 4 is 5.91 Å². The van der Waals surface area contributed by atoms with Crippen LogP contribution >= 0.6 is 0 Å². The number of hydrogen-bond acceptors (Lipinski definition) is 1. The first-order valence-corrected chi connectivity index (χ1v) is 7.82. The summed E-state index contributed by atoms with van der Waals surface area (Å²) in [5.41, 5.74) is 0.648. The third kappa shape index (κ3) is 1.32. The average molecular weight is 247 g/mol. The molecular formula is C16H25NO. The standard InChI is InChI=1S/C16H25NO/c1-15(2)6-7-17(14(15)18)13-11-4-3-5-16(8-11)9-12(13)10-16/h11-13H,3-10H2,1-2H3. The Labute approximate surface area is 110 Å². The van der Waals surface area contributed by atoms with Crippen molar-refractivity contribution < 1.29 is 4.79 Å². The van der Waals surface area contributed by atoms with Crippen LogP contribution in [0, 0.1) is 22.7 Å². The van der Waals surface area contributed by atoms with Crippen molar-refractivity contribution in [1.29, 1.82) is 0 Å². The normalized spacial score (nSPS) is 49.1. The van der Waals surface area contributed by atoms with Gasteiger partial charge in [0.15, 0.2) is 0 Å². The minimum atomic E-state index is -0.0903. The van der Waals surface area contributed by atoms with Gasteiger partial charge in [-0.15, -0.1) is 0 Å². The molecule has 0 N–H and O–H groups in total. The minimum Gasteiger partial charge on any atom is -0.339 e. The Bertz CT molecular complexity index is 394. The molecule has 100 valence electrons. The maximum absolute atomic E-state index is 12.6. The van der Waals surface area contributed by atoms with Crippen LogP contribution in [0.15, 0.2) is 0 Å². The van der Waals surface area contributed by atoms with Gasteiger partial charge in [-0.05, 0) is 55.8 Å². The van der Waals surface area contributed by atoms with Crippen LogP contribution in [0.5, 0.6) is 0 Å². The van der Waals surface area contributed by atoms with Gasteiger partial charge in [0.25, 0.3) is 0 Å². The summed E-state index contributed by atoms with van der Waals surface area (Å²) < 4.78 is 0. The quantitative estimate of drug-likeness (QED) is 0.696. The predicted octanol–water partition coefficient (Wildman–Crippen LogP) is 3.21. The highest BCUT2D eigenvalue weighted by molar-refractivity contribution is 5.84. The monoisotopic (exact) mass is 247 g/mol. The van der Waals surface area contributed by atoms with Crippen molar-refractivity contribution in [3.63, 3.8) is 0 Å². The molecule has 2 atom stereocenters. The number of nitrogens with zero attached hydrogens (tertiary/aromatic N) is 1. The Kier molecular flexibility index (Phi) is 2.08. The van der Waals surface area contributed by atoms with E-state index in [1.807, 2.05) is 0 Å². The molecule has 2 heteroatoms. The molecule has 18 heavy (non-hydrogen) atoms. The van der Waals surface area contributed by atoms with E-state index in [4.69, 9.17) is 0 Å². The molecule has 4 saturated carbocycles. The van der Waals surface area contributed by atoms with E-state index in [2.05, 4.69) is 18.7 Å². The maximum atomic E-state index is 12.6. The average Bonchev–Trinajstić information content (AvgIpc) is 2.54. The number of amides is 1. The molecule has 1 saturated heterocycles. The first-order valence-electron chi connectivity index (χ1n) is 7.82. The Morgan fingerprint density at radius 3 is 2.50 bits per heavy atom. The number of carbonyl (C=O) groups excluding carboxylic acids is 1. The molecule has 2 unspecified atom stereocenters. The van der Waals surface area contributed by atoms with Gasteiger partial charge < -0.3 is 4.90 Å². The van der Waals surface area contributed by atoms with Crippen LogP contribution in [0.25, 0.3) is 0 Å². The molecule has 0 aromatic rings. The molecule has 0 aromatic carbocycles. The van der Waals surface area contributed by atoms with Crippen molar-refractivity contribution in [3.8, 4) is 0 Å². The summed E-state index contributed by atoms with van der Waals surface area (Å²) in [6, 6.07) is 0.612. The molecule has 1 heterocycles. The molecule has 5 rings (SSSR count). The van der Waals surface area contributed by atoms with Crippen molar-refractivity contribution in [3.05, 3.63) is 0 Å². The van der Waals surface area contributed by atoms with Gasteiger partial charge in [0.1, 0.15) is 0 Å². The van der Waals surface area contributed by atoms with Crippen molar-refractivity contribution in [2.75, 3.05) is 6.54 Å². The van der Waals surface area contributed by atoms with E-state index in [-0.39, 0.29) is 5.41 Å². The van der Waals surface area contributed by atoms with Crippen LogP contribution in [0.2, 0.25) is 0 Å². The molecule has 0 aromatic heterocycles. The van der Waals surface area contributed by atoms with E-state index >= 15 is 0 Å². The first kappa shape index (κ1) is 11.3. The molecule has 3 bridgehead atoms. The second-order valence-corrected chi connectivity index (χ2v) is 8.15. The molecule has 4 aliphatic carbocycles. The molecule has 0 radical (unpaired) electrons. The van der Waals surface area contributed by atoms with Crippen molar-refractivity contribution in [2.24, 2.45) is 22.7 Å². The lowest BCUT2D eigenvalue weighted by Gasteiger charge is -2.63. The molecule has 5 fully saturated rings. The van der Waals surface area contributed by atoms with E-state index in [0.717, 1.165) is 30.2 Å². The third-order valence-corrected chi connectivity index (χ3v) is 6.51. The fraction of sp³-hybridized carbons (Fsp3) is 0.938. The highest BCUT2D eigenvalue weighted by Gasteiger charge is 2.59. The number of hydrogen-bond donors (Lipinski definition) is 0. The summed E-state index contributed by atoms with van der Waals surface area (Å²) in [6.07, 6.45) is 9.63. The fourth-order valence-electron chi connectivity index (χ4n) is 5.63. The van der Waals surface area contributed by atoms with Crippen molar-refractivity contribution in [2.45, 2.75) is 64.8 Å². The highest BCUT2D eigenvalue weighted by Crippen LogP contribution is 2.64. The smallest absolute Gasteiger partial charge is 0.228 e. The second-order valence-electron chi connectivity index (χ2n) is 8.15. The lowest BCUT2D eigenvalue weighted by atomic mass is 9.45. The summed E-state index contributed by atoms with van der Waals surface area (Å²) >= 11 is 0. The zero-order valence-corrected chi connectivity index (χ0v) is 11.7. The van der Waals surface area contributed by atoms with Crippen LogP contribution in [0.1, 0.15) is 58.8 Å². The number of rotatable bonds is 1. The van der Waals surface area contributed by atoms with E-state index in [0.29, 0.717) is 11.9 Å². The lowest BCUT2D eigenvalue weighted by Crippen LogP contribution is -2.61. The van der Waals surface area contributed by atoms with Gasteiger partial charge in [0.2, 0.25) is 5.91 Å². The molecule has 1 amide bonds.